The molecule has 2 aliphatic heterocycles. The summed E-state index contributed by atoms with van der Waals surface area (Å²) < 4.78 is 5.87. The predicted molar refractivity (Wildman–Crippen MR) is 129 cm³/mol. The second-order valence-corrected chi connectivity index (χ2v) is 8.88. The van der Waals surface area contributed by atoms with Gasteiger partial charge in [-0.05, 0) is 44.0 Å². The summed E-state index contributed by atoms with van der Waals surface area (Å²) in [7, 11) is 0. The highest BCUT2D eigenvalue weighted by Crippen LogP contribution is 2.38. The Bertz CT molecular complexity index is 1170. The molecule has 0 atom stereocenters. The number of aromatic amines is 1. The number of likely N-dealkylation sites (tertiary alicyclic amines) is 1. The van der Waals surface area contributed by atoms with Gasteiger partial charge in [0.25, 0.3) is 5.91 Å². The zero-order valence-corrected chi connectivity index (χ0v) is 18.9. The second-order valence-electron chi connectivity index (χ2n) is 8.88. The smallest absolute Gasteiger partial charge is 0.280 e. The quantitative estimate of drug-likeness (QED) is 0.520. The maximum absolute atomic E-state index is 12.8. The first-order valence-electron chi connectivity index (χ1n) is 11.6. The minimum Gasteiger partial charge on any atom is -0.494 e. The molecular weight excluding hydrogens is 414 g/mol. The van der Waals surface area contributed by atoms with E-state index in [0.29, 0.717) is 29.1 Å². The van der Waals surface area contributed by atoms with E-state index >= 15 is 0 Å². The fraction of sp³-hybridized carbons (Fsp3) is 0.333. The maximum atomic E-state index is 12.8. The van der Waals surface area contributed by atoms with Gasteiger partial charge < -0.3 is 19.7 Å². The van der Waals surface area contributed by atoms with Gasteiger partial charge in [-0.2, -0.15) is 0 Å². The van der Waals surface area contributed by atoms with Gasteiger partial charge in [0, 0.05) is 12.1 Å². The average molecular weight is 444 g/mol. The topological polar surface area (TPSA) is 77.9 Å². The van der Waals surface area contributed by atoms with Crippen LogP contribution in [0.1, 0.15) is 51.9 Å². The number of nitrogens with zero attached hydrogens (tertiary/aromatic N) is 2. The number of hydrogen-bond acceptors (Lipinski definition) is 4. The van der Waals surface area contributed by atoms with Crippen LogP contribution in [0.3, 0.4) is 0 Å². The molecular formula is C27H29N3O3. The lowest BCUT2D eigenvalue weighted by molar-refractivity contribution is 0.0863. The largest absolute Gasteiger partial charge is 0.494 e. The highest BCUT2D eigenvalue weighted by molar-refractivity contribution is 6.30. The van der Waals surface area contributed by atoms with Crippen LogP contribution in [-0.4, -0.2) is 52.9 Å². The lowest BCUT2D eigenvalue weighted by Crippen LogP contribution is -2.32. The Morgan fingerprint density at radius 2 is 1.67 bits per heavy atom. The van der Waals surface area contributed by atoms with Crippen molar-refractivity contribution in [1.29, 1.82) is 0 Å². The van der Waals surface area contributed by atoms with Crippen molar-refractivity contribution < 1.29 is 14.6 Å². The number of carbonyl (C=O) groups is 1. The van der Waals surface area contributed by atoms with Gasteiger partial charge in [0.1, 0.15) is 0 Å². The molecule has 1 aromatic heterocycles. The number of aromatic hydroxyl groups is 1. The van der Waals surface area contributed by atoms with Crippen molar-refractivity contribution in [2.75, 3.05) is 26.2 Å². The van der Waals surface area contributed by atoms with Crippen LogP contribution in [0, 0.1) is 6.92 Å². The molecule has 3 aromatic rings. The molecule has 0 saturated carbocycles. The Balaban J connectivity index is 1.28. The number of hydrogen-bond donors (Lipinski definition) is 2. The lowest BCUT2D eigenvalue weighted by Gasteiger charge is -2.26. The zero-order valence-electron chi connectivity index (χ0n) is 18.9. The zero-order chi connectivity index (χ0) is 22.8. The van der Waals surface area contributed by atoms with Crippen molar-refractivity contribution in [3.05, 3.63) is 76.3 Å². The molecule has 0 aliphatic carbocycles. The summed E-state index contributed by atoms with van der Waals surface area (Å²) in [5.74, 6) is -0.368. The first kappa shape index (κ1) is 21.6. The summed E-state index contributed by atoms with van der Waals surface area (Å²) in [6, 6.07) is 15.7. The third kappa shape index (κ3) is 4.49. The van der Waals surface area contributed by atoms with Crippen LogP contribution in [0.5, 0.6) is 5.88 Å². The molecule has 5 rings (SSSR count). The molecule has 6 heteroatoms. The number of ether oxygens (including phenoxy) is 1. The van der Waals surface area contributed by atoms with Crippen molar-refractivity contribution >= 4 is 11.6 Å². The Morgan fingerprint density at radius 3 is 2.39 bits per heavy atom. The van der Waals surface area contributed by atoms with E-state index in [4.69, 9.17) is 4.74 Å². The molecule has 1 fully saturated rings. The van der Waals surface area contributed by atoms with Gasteiger partial charge in [0.05, 0.1) is 35.7 Å². The summed E-state index contributed by atoms with van der Waals surface area (Å²) in [5.41, 5.74) is 5.84. The van der Waals surface area contributed by atoms with Crippen molar-refractivity contribution in [3.8, 4) is 17.1 Å². The normalized spacial score (nSPS) is 16.2. The number of aliphatic imine (C=N–C) groups is 1. The van der Waals surface area contributed by atoms with Crippen LogP contribution in [0.2, 0.25) is 0 Å². The van der Waals surface area contributed by atoms with Crippen LogP contribution >= 0.6 is 0 Å². The standard InChI is InChI=1S/C27H29N3O3/c1-18-5-9-20(10-6-18)24-22-23(27(32)28-24)25(29-26(22)31)21-11-7-19(8-12-21)17-33-16-15-30-13-3-2-4-14-30/h5-12,29,31H,2-4,13-17H2,1H3. The summed E-state index contributed by atoms with van der Waals surface area (Å²) in [6.45, 7) is 6.64. The van der Waals surface area contributed by atoms with Crippen LogP contribution in [0.25, 0.3) is 11.3 Å². The number of carbonyl (C=O) groups excluding carboxylic acids is 1. The molecule has 2 aliphatic rings. The molecule has 170 valence electrons. The van der Waals surface area contributed by atoms with Crippen LogP contribution in [0.15, 0.2) is 53.5 Å². The van der Waals surface area contributed by atoms with E-state index < -0.39 is 0 Å². The van der Waals surface area contributed by atoms with Gasteiger partial charge >= 0.3 is 0 Å². The number of fused-ring (bicyclic) bond motifs is 1. The fourth-order valence-corrected chi connectivity index (χ4v) is 4.62. The van der Waals surface area contributed by atoms with E-state index in [2.05, 4.69) is 14.9 Å². The Morgan fingerprint density at radius 1 is 0.970 bits per heavy atom. The first-order chi connectivity index (χ1) is 16.1. The summed E-state index contributed by atoms with van der Waals surface area (Å²) in [4.78, 5) is 22.5. The number of piperidine rings is 1. The maximum Gasteiger partial charge on any atom is 0.280 e. The number of benzene rings is 2. The average Bonchev–Trinajstić information content (AvgIpc) is 3.36. The first-order valence-corrected chi connectivity index (χ1v) is 11.6. The van der Waals surface area contributed by atoms with Crippen LogP contribution in [0.4, 0.5) is 0 Å². The van der Waals surface area contributed by atoms with E-state index in [9.17, 15) is 9.90 Å². The van der Waals surface area contributed by atoms with E-state index in [1.807, 2.05) is 55.5 Å². The Labute approximate surface area is 193 Å². The van der Waals surface area contributed by atoms with Gasteiger partial charge in [-0.3, -0.25) is 4.79 Å². The highest BCUT2D eigenvalue weighted by atomic mass is 16.5. The molecule has 6 nitrogen and oxygen atoms in total. The monoisotopic (exact) mass is 443 g/mol. The van der Waals surface area contributed by atoms with E-state index in [1.165, 1.54) is 32.4 Å². The van der Waals surface area contributed by atoms with Gasteiger partial charge in [-0.25, -0.2) is 4.99 Å². The highest BCUT2D eigenvalue weighted by Gasteiger charge is 2.33. The van der Waals surface area contributed by atoms with Gasteiger partial charge in [0.15, 0.2) is 5.88 Å². The van der Waals surface area contributed by atoms with Gasteiger partial charge in [-0.1, -0.05) is 60.5 Å². The molecule has 2 N–H and O–H groups in total. The molecule has 33 heavy (non-hydrogen) atoms. The number of aromatic nitrogens is 1. The molecule has 1 amide bonds. The SMILES string of the molecule is Cc1ccc(C2=NC(=O)c3c(-c4ccc(COCCN5CCCCC5)cc4)[nH]c(O)c32)cc1. The fourth-order valence-electron chi connectivity index (χ4n) is 4.62. The van der Waals surface area contributed by atoms with Crippen molar-refractivity contribution in [2.45, 2.75) is 32.8 Å². The lowest BCUT2D eigenvalue weighted by atomic mass is 9.99. The molecule has 3 heterocycles. The second kappa shape index (κ2) is 9.33. The molecule has 0 radical (unpaired) electrons. The minimum absolute atomic E-state index is 0.0321. The van der Waals surface area contributed by atoms with Gasteiger partial charge in [-0.15, -0.1) is 0 Å². The molecule has 0 spiro atoms. The molecule has 1 saturated heterocycles. The number of amides is 1. The van der Waals surface area contributed by atoms with E-state index in [1.54, 1.807) is 0 Å². The number of nitrogens with one attached hydrogen (secondary N) is 1. The summed E-state index contributed by atoms with van der Waals surface area (Å²) in [5, 5.41) is 10.6. The minimum atomic E-state index is -0.336. The van der Waals surface area contributed by atoms with Crippen molar-refractivity contribution in [1.82, 2.24) is 9.88 Å². The van der Waals surface area contributed by atoms with Crippen LogP contribution < -0.4 is 0 Å². The van der Waals surface area contributed by atoms with Crippen molar-refractivity contribution in [2.24, 2.45) is 4.99 Å². The summed E-state index contributed by atoms with van der Waals surface area (Å²) >= 11 is 0. The van der Waals surface area contributed by atoms with E-state index in [0.717, 1.165) is 35.4 Å². The molecule has 0 bridgehead atoms. The number of rotatable bonds is 7. The number of H-pyrrole nitrogens is 1. The third-order valence-corrected chi connectivity index (χ3v) is 6.48. The number of aryl methyl sites for hydroxylation is 1. The Kier molecular flexibility index (Phi) is 6.11. The van der Waals surface area contributed by atoms with E-state index in [-0.39, 0.29) is 11.8 Å². The van der Waals surface area contributed by atoms with Crippen molar-refractivity contribution in [3.63, 3.8) is 0 Å². The predicted octanol–water partition coefficient (Wildman–Crippen LogP) is 4.69. The van der Waals surface area contributed by atoms with Gasteiger partial charge in [0.2, 0.25) is 0 Å². The third-order valence-electron chi connectivity index (χ3n) is 6.48. The van der Waals surface area contributed by atoms with Crippen LogP contribution in [-0.2, 0) is 11.3 Å². The molecule has 2 aromatic carbocycles. The summed E-state index contributed by atoms with van der Waals surface area (Å²) in [6.07, 6.45) is 3.93. The Hall–Kier alpha value is -3.22. The molecule has 0 unspecified atom stereocenters.